The maximum atomic E-state index is 11.5. The lowest BCUT2D eigenvalue weighted by Crippen LogP contribution is -2.47. The summed E-state index contributed by atoms with van der Waals surface area (Å²) in [7, 11) is 0. The van der Waals surface area contributed by atoms with Crippen LogP contribution in [-0.2, 0) is 9.53 Å². The Bertz CT molecular complexity index is 373. The second kappa shape index (κ2) is 2.31. The van der Waals surface area contributed by atoms with Crippen molar-refractivity contribution in [1.29, 1.82) is 0 Å². The van der Waals surface area contributed by atoms with Gasteiger partial charge in [-0.05, 0) is 37.0 Å². The van der Waals surface area contributed by atoms with Crippen molar-refractivity contribution in [2.45, 2.75) is 39.7 Å². The summed E-state index contributed by atoms with van der Waals surface area (Å²) in [6.45, 7) is 9.99. The van der Waals surface area contributed by atoms with Crippen LogP contribution in [0, 0.1) is 22.7 Å². The summed E-state index contributed by atoms with van der Waals surface area (Å²) in [5.41, 5.74) is 1.26. The van der Waals surface area contributed by atoms with Gasteiger partial charge < -0.3 is 4.74 Å². The number of esters is 1. The molecule has 0 saturated heterocycles. The third-order valence-electron chi connectivity index (χ3n) is 5.57. The second-order valence-corrected chi connectivity index (χ2v) is 6.03. The van der Waals surface area contributed by atoms with E-state index in [1.807, 2.05) is 0 Å². The molecule has 0 radical (unpaired) electrons. The largest absolute Gasteiger partial charge is 0.458 e. The average Bonchev–Trinajstić information content (AvgIpc) is 2.59. The van der Waals surface area contributed by atoms with E-state index >= 15 is 0 Å². The number of carbonyl (C=O) groups excluding carboxylic acids is 1. The first-order chi connectivity index (χ1) is 6.91. The van der Waals surface area contributed by atoms with E-state index in [0.29, 0.717) is 11.0 Å². The average molecular weight is 206 g/mol. The Morgan fingerprint density at radius 2 is 2.07 bits per heavy atom. The molecule has 3 saturated carbocycles. The molecule has 3 rings (SSSR count). The van der Waals surface area contributed by atoms with Crippen LogP contribution >= 0.6 is 0 Å². The van der Waals surface area contributed by atoms with Crippen molar-refractivity contribution in [2.75, 3.05) is 0 Å². The minimum atomic E-state index is -0.213. The van der Waals surface area contributed by atoms with Crippen LogP contribution in [0.5, 0.6) is 0 Å². The van der Waals surface area contributed by atoms with Gasteiger partial charge in [0.1, 0.15) is 6.10 Å². The molecule has 82 valence electrons. The van der Waals surface area contributed by atoms with Crippen molar-refractivity contribution in [3.05, 3.63) is 12.2 Å². The van der Waals surface area contributed by atoms with E-state index in [0.717, 1.165) is 18.3 Å². The smallest absolute Gasteiger partial charge is 0.333 e. The van der Waals surface area contributed by atoms with Crippen molar-refractivity contribution < 1.29 is 9.53 Å². The first-order valence-electron chi connectivity index (χ1n) is 5.78. The number of carbonyl (C=O) groups is 1. The number of hydrogen-bond acceptors (Lipinski definition) is 2. The summed E-state index contributed by atoms with van der Waals surface area (Å²) in [5, 5.41) is 0. The molecular formula is C13H18O2. The molecule has 0 N–H and O–H groups in total. The summed E-state index contributed by atoms with van der Waals surface area (Å²) in [6, 6.07) is 0. The van der Waals surface area contributed by atoms with Gasteiger partial charge in [-0.2, -0.15) is 0 Å². The molecule has 0 spiro atoms. The van der Waals surface area contributed by atoms with Crippen LogP contribution in [0.25, 0.3) is 0 Å². The Labute approximate surface area is 90.7 Å². The standard InChI is InChI=1S/C13H18O2/c1-7(2)11(14)15-10-5-8-9-6-12(10,3)13(8,9)4/h8-10H,1,5-6H2,2-4H3. The number of fused-ring (bicyclic) bond motifs is 1. The molecule has 0 aliphatic heterocycles. The molecule has 3 fully saturated rings. The van der Waals surface area contributed by atoms with Crippen molar-refractivity contribution in [1.82, 2.24) is 0 Å². The zero-order chi connectivity index (χ0) is 11.0. The van der Waals surface area contributed by atoms with Gasteiger partial charge in [0.15, 0.2) is 0 Å². The van der Waals surface area contributed by atoms with Crippen molar-refractivity contribution >= 4 is 5.97 Å². The van der Waals surface area contributed by atoms with E-state index in [-0.39, 0.29) is 17.5 Å². The van der Waals surface area contributed by atoms with E-state index in [9.17, 15) is 4.79 Å². The van der Waals surface area contributed by atoms with Crippen LogP contribution in [0.1, 0.15) is 33.6 Å². The Hall–Kier alpha value is -0.790. The van der Waals surface area contributed by atoms with Crippen LogP contribution < -0.4 is 0 Å². The quantitative estimate of drug-likeness (QED) is 0.512. The van der Waals surface area contributed by atoms with Crippen molar-refractivity contribution in [3.8, 4) is 0 Å². The maximum absolute atomic E-state index is 11.5. The Balaban J connectivity index is 1.76. The van der Waals surface area contributed by atoms with Gasteiger partial charge in [-0.15, -0.1) is 0 Å². The van der Waals surface area contributed by atoms with E-state index < -0.39 is 0 Å². The topological polar surface area (TPSA) is 26.3 Å². The summed E-state index contributed by atoms with van der Waals surface area (Å²) in [5.74, 6) is 1.54. The molecule has 0 heterocycles. The van der Waals surface area contributed by atoms with Crippen LogP contribution in [0.4, 0.5) is 0 Å². The third-order valence-corrected chi connectivity index (χ3v) is 5.57. The highest BCUT2D eigenvalue weighted by atomic mass is 16.5. The summed E-state index contributed by atoms with van der Waals surface area (Å²) in [6.07, 6.45) is 2.47. The molecule has 5 atom stereocenters. The van der Waals surface area contributed by atoms with Crippen LogP contribution in [-0.4, -0.2) is 12.1 Å². The maximum Gasteiger partial charge on any atom is 0.333 e. The van der Waals surface area contributed by atoms with Crippen molar-refractivity contribution in [2.24, 2.45) is 22.7 Å². The van der Waals surface area contributed by atoms with E-state index in [2.05, 4.69) is 20.4 Å². The molecule has 5 unspecified atom stereocenters. The van der Waals surface area contributed by atoms with E-state index in [4.69, 9.17) is 4.74 Å². The zero-order valence-corrected chi connectivity index (χ0v) is 9.67. The SMILES string of the molecule is C=C(C)C(=O)OC1CC2C3CC1(C)C23C. The van der Waals surface area contributed by atoms with E-state index in [1.165, 1.54) is 6.42 Å². The predicted octanol–water partition coefficient (Wildman–Crippen LogP) is 2.54. The summed E-state index contributed by atoms with van der Waals surface area (Å²) >= 11 is 0. The molecule has 0 aromatic carbocycles. The van der Waals surface area contributed by atoms with Gasteiger partial charge in [0.25, 0.3) is 0 Å². The minimum absolute atomic E-state index is 0.140. The molecule has 2 heteroatoms. The lowest BCUT2D eigenvalue weighted by molar-refractivity contribution is -0.159. The van der Waals surface area contributed by atoms with Gasteiger partial charge in [0.05, 0.1) is 0 Å². The molecule has 3 aliphatic carbocycles. The Kier molecular flexibility index (Phi) is 1.45. The highest BCUT2D eigenvalue weighted by Crippen LogP contribution is 2.87. The molecule has 0 aromatic rings. The molecule has 0 aromatic heterocycles. The Morgan fingerprint density at radius 1 is 1.40 bits per heavy atom. The fourth-order valence-corrected chi connectivity index (χ4v) is 4.23. The third kappa shape index (κ3) is 0.812. The number of rotatable bonds is 2. The molecule has 0 bridgehead atoms. The highest BCUT2D eigenvalue weighted by molar-refractivity contribution is 5.87. The minimum Gasteiger partial charge on any atom is -0.458 e. The monoisotopic (exact) mass is 206 g/mol. The normalized spacial score (nSPS) is 54.2. The molecular weight excluding hydrogens is 188 g/mol. The molecule has 2 nitrogen and oxygen atoms in total. The second-order valence-electron chi connectivity index (χ2n) is 6.03. The van der Waals surface area contributed by atoms with Crippen molar-refractivity contribution in [3.63, 3.8) is 0 Å². The predicted molar refractivity (Wildman–Crippen MR) is 57.1 cm³/mol. The first-order valence-corrected chi connectivity index (χ1v) is 5.78. The highest BCUT2D eigenvalue weighted by Gasteiger charge is 2.85. The number of hydrogen-bond donors (Lipinski definition) is 0. The van der Waals surface area contributed by atoms with Gasteiger partial charge in [0.2, 0.25) is 0 Å². The molecule has 15 heavy (non-hydrogen) atoms. The van der Waals surface area contributed by atoms with Gasteiger partial charge >= 0.3 is 5.97 Å². The summed E-state index contributed by atoms with van der Waals surface area (Å²) in [4.78, 5) is 11.5. The van der Waals surface area contributed by atoms with Crippen LogP contribution in [0.2, 0.25) is 0 Å². The van der Waals surface area contributed by atoms with Gasteiger partial charge in [-0.25, -0.2) is 4.79 Å². The zero-order valence-electron chi connectivity index (χ0n) is 9.67. The summed E-state index contributed by atoms with van der Waals surface area (Å²) < 4.78 is 5.55. The van der Waals surface area contributed by atoms with Gasteiger partial charge in [-0.1, -0.05) is 20.4 Å². The molecule has 0 amide bonds. The van der Waals surface area contributed by atoms with Gasteiger partial charge in [0, 0.05) is 11.0 Å². The fourth-order valence-electron chi connectivity index (χ4n) is 4.23. The lowest BCUT2D eigenvalue weighted by Gasteiger charge is -2.48. The fraction of sp³-hybridized carbons (Fsp3) is 0.769. The number of ether oxygens (including phenoxy) is 1. The van der Waals surface area contributed by atoms with Crippen LogP contribution in [0.3, 0.4) is 0 Å². The molecule has 3 aliphatic rings. The first kappa shape index (κ1) is 9.44. The lowest BCUT2D eigenvalue weighted by atomic mass is 9.59. The Morgan fingerprint density at radius 3 is 2.47 bits per heavy atom. The van der Waals surface area contributed by atoms with Gasteiger partial charge in [-0.3, -0.25) is 0 Å². The van der Waals surface area contributed by atoms with Crippen LogP contribution in [0.15, 0.2) is 12.2 Å². The van der Waals surface area contributed by atoms with E-state index in [1.54, 1.807) is 6.92 Å².